The monoisotopic (exact) mass is 622 g/mol. The first-order valence-corrected chi connectivity index (χ1v) is 14.5. The van der Waals surface area contributed by atoms with Crippen LogP contribution >= 0.6 is 0 Å². The van der Waals surface area contributed by atoms with E-state index < -0.39 is 42.2 Å². The minimum atomic E-state index is -1.32. The SMILES string of the molecule is C=CC(=O)OCC(OC(=O)NC1CC2(C)CN(C(=O)OC(COc3ccccc3)OC(=O)C=C)C(C)(C1)C2)Oc1ccccc1. The standard InChI is InChI=1S/C33H38N2O10/c1-5-26(36)41-20-28(42-25-15-11-8-12-16-25)44-30(38)34-23-17-32(3)21-33(4,18-23)35(22-32)31(39)45-29(43-27(37)6-2)19-40-24-13-9-7-10-14-24/h5-16,23,28-29H,1-2,17-22H2,3-4H3,(H,34,38). The molecular weight excluding hydrogens is 584 g/mol. The lowest BCUT2D eigenvalue weighted by Gasteiger charge is -2.41. The third-order valence-corrected chi connectivity index (χ3v) is 7.52. The summed E-state index contributed by atoms with van der Waals surface area (Å²) in [5.74, 6) is -0.522. The molecule has 1 heterocycles. The molecule has 4 rings (SSSR count). The largest absolute Gasteiger partial charge is 0.486 e. The van der Waals surface area contributed by atoms with Crippen molar-refractivity contribution in [1.29, 1.82) is 0 Å². The molecule has 2 fully saturated rings. The number of ether oxygens (including phenoxy) is 6. The van der Waals surface area contributed by atoms with E-state index in [1.807, 2.05) is 19.9 Å². The lowest BCUT2D eigenvalue weighted by Crippen LogP contribution is -2.52. The molecule has 5 atom stereocenters. The number of benzene rings is 2. The molecule has 2 aromatic carbocycles. The number of rotatable bonds is 13. The van der Waals surface area contributed by atoms with E-state index >= 15 is 0 Å². The van der Waals surface area contributed by atoms with Crippen LogP contribution in [-0.4, -0.2) is 72.9 Å². The van der Waals surface area contributed by atoms with Crippen molar-refractivity contribution in [3.05, 3.63) is 86.0 Å². The van der Waals surface area contributed by atoms with Gasteiger partial charge in [-0.1, -0.05) is 56.5 Å². The number of carbonyl (C=O) groups excluding carboxylic acids is 4. The fourth-order valence-corrected chi connectivity index (χ4v) is 5.95. The first kappa shape index (κ1) is 32.9. The number of hydrogen-bond donors (Lipinski definition) is 1. The number of amides is 2. The van der Waals surface area contributed by atoms with Gasteiger partial charge in [0.2, 0.25) is 0 Å². The average Bonchev–Trinajstić information content (AvgIpc) is 3.22. The van der Waals surface area contributed by atoms with Crippen LogP contribution in [0.4, 0.5) is 9.59 Å². The summed E-state index contributed by atoms with van der Waals surface area (Å²) in [4.78, 5) is 51.7. The number of likely N-dealkylation sites (tertiary alicyclic amines) is 1. The second-order valence-corrected chi connectivity index (χ2v) is 11.5. The normalized spacial score (nSPS) is 23.0. The summed E-state index contributed by atoms with van der Waals surface area (Å²) in [5, 5.41) is 2.88. The van der Waals surface area contributed by atoms with Crippen LogP contribution < -0.4 is 14.8 Å². The molecule has 1 aliphatic heterocycles. The second-order valence-electron chi connectivity index (χ2n) is 11.5. The first-order chi connectivity index (χ1) is 21.5. The fraction of sp³-hybridized carbons (Fsp3) is 0.394. The maximum absolute atomic E-state index is 13.5. The van der Waals surface area contributed by atoms with Gasteiger partial charge in [-0.25, -0.2) is 19.2 Å². The molecule has 0 radical (unpaired) electrons. The van der Waals surface area contributed by atoms with Crippen molar-refractivity contribution in [3.63, 3.8) is 0 Å². The Balaban J connectivity index is 1.38. The van der Waals surface area contributed by atoms with E-state index in [9.17, 15) is 19.2 Å². The van der Waals surface area contributed by atoms with Gasteiger partial charge in [0.25, 0.3) is 12.6 Å². The summed E-state index contributed by atoms with van der Waals surface area (Å²) in [6, 6.07) is 17.1. The van der Waals surface area contributed by atoms with Crippen LogP contribution in [0, 0.1) is 5.41 Å². The summed E-state index contributed by atoms with van der Waals surface area (Å²) >= 11 is 0. The highest BCUT2D eigenvalue weighted by Gasteiger charge is 2.56. The van der Waals surface area contributed by atoms with Gasteiger partial charge in [0.15, 0.2) is 13.2 Å². The van der Waals surface area contributed by atoms with Crippen molar-refractivity contribution in [2.75, 3.05) is 19.8 Å². The lowest BCUT2D eigenvalue weighted by molar-refractivity contribution is -0.168. The summed E-state index contributed by atoms with van der Waals surface area (Å²) in [6.07, 6.45) is -0.389. The highest BCUT2D eigenvalue weighted by atomic mass is 16.7. The Morgan fingerprint density at radius 1 is 0.867 bits per heavy atom. The number of nitrogens with one attached hydrogen (secondary N) is 1. The Hall–Kier alpha value is -5.00. The molecule has 2 aromatic rings. The molecule has 0 spiro atoms. The van der Waals surface area contributed by atoms with Crippen molar-refractivity contribution in [2.24, 2.45) is 5.41 Å². The van der Waals surface area contributed by atoms with Crippen LogP contribution in [-0.2, 0) is 28.5 Å². The van der Waals surface area contributed by atoms with Crippen LogP contribution in [0.3, 0.4) is 0 Å². The third-order valence-electron chi connectivity index (χ3n) is 7.52. The van der Waals surface area contributed by atoms with E-state index in [4.69, 9.17) is 28.4 Å². The molecule has 240 valence electrons. The van der Waals surface area contributed by atoms with E-state index in [1.165, 1.54) is 0 Å². The van der Waals surface area contributed by atoms with Crippen LogP contribution in [0.1, 0.15) is 33.1 Å². The summed E-state index contributed by atoms with van der Waals surface area (Å²) < 4.78 is 32.8. The van der Waals surface area contributed by atoms with E-state index in [-0.39, 0.29) is 24.7 Å². The quantitative estimate of drug-likeness (QED) is 0.144. The molecule has 1 saturated carbocycles. The molecule has 1 saturated heterocycles. The number of alkyl carbamates (subject to hydrolysis) is 1. The highest BCUT2D eigenvalue weighted by Crippen LogP contribution is 2.51. The Morgan fingerprint density at radius 3 is 2.16 bits per heavy atom. The maximum atomic E-state index is 13.5. The topological polar surface area (TPSA) is 139 Å². The van der Waals surface area contributed by atoms with Crippen molar-refractivity contribution in [1.82, 2.24) is 10.2 Å². The van der Waals surface area contributed by atoms with E-state index in [2.05, 4.69) is 18.5 Å². The van der Waals surface area contributed by atoms with Gasteiger partial charge < -0.3 is 38.6 Å². The molecule has 5 unspecified atom stereocenters. The molecular formula is C33H38N2O10. The minimum absolute atomic E-state index is 0.221. The molecule has 12 heteroatoms. The van der Waals surface area contributed by atoms with Crippen LogP contribution in [0.5, 0.6) is 11.5 Å². The zero-order valence-corrected chi connectivity index (χ0v) is 25.3. The van der Waals surface area contributed by atoms with Gasteiger partial charge in [-0.2, -0.15) is 0 Å². The smallest absolute Gasteiger partial charge is 0.413 e. The zero-order valence-electron chi connectivity index (χ0n) is 25.3. The van der Waals surface area contributed by atoms with Crippen LogP contribution in [0.2, 0.25) is 0 Å². The minimum Gasteiger partial charge on any atom is -0.486 e. The van der Waals surface area contributed by atoms with E-state index in [0.29, 0.717) is 37.3 Å². The molecule has 0 aromatic heterocycles. The van der Waals surface area contributed by atoms with Gasteiger partial charge in [-0.05, 0) is 55.9 Å². The average molecular weight is 623 g/mol. The number of esters is 2. The Labute approximate surface area is 261 Å². The van der Waals surface area contributed by atoms with Gasteiger partial charge in [0, 0.05) is 30.3 Å². The number of para-hydroxylation sites is 2. The molecule has 12 nitrogen and oxygen atoms in total. The van der Waals surface area contributed by atoms with Gasteiger partial charge in [0.05, 0.1) is 0 Å². The van der Waals surface area contributed by atoms with Gasteiger partial charge in [0.1, 0.15) is 11.5 Å². The van der Waals surface area contributed by atoms with E-state index in [1.54, 1.807) is 59.5 Å². The third kappa shape index (κ3) is 9.24. The van der Waals surface area contributed by atoms with Crippen molar-refractivity contribution in [2.45, 2.75) is 57.3 Å². The number of nitrogens with zero attached hydrogens (tertiary/aromatic N) is 1. The van der Waals surface area contributed by atoms with Crippen LogP contribution in [0.15, 0.2) is 86.0 Å². The van der Waals surface area contributed by atoms with Gasteiger partial charge in [-0.15, -0.1) is 0 Å². The van der Waals surface area contributed by atoms with Crippen LogP contribution in [0.25, 0.3) is 0 Å². The zero-order chi connectivity index (χ0) is 32.5. The van der Waals surface area contributed by atoms with Crippen molar-refractivity contribution in [3.8, 4) is 11.5 Å². The molecule has 1 N–H and O–H groups in total. The maximum Gasteiger partial charge on any atom is 0.413 e. The summed E-state index contributed by atoms with van der Waals surface area (Å²) in [6.45, 7) is 10.5. The number of hydrogen-bond acceptors (Lipinski definition) is 10. The highest BCUT2D eigenvalue weighted by molar-refractivity contribution is 5.81. The predicted octanol–water partition coefficient (Wildman–Crippen LogP) is 4.75. The Kier molecular flexibility index (Phi) is 10.7. The Morgan fingerprint density at radius 2 is 1.51 bits per heavy atom. The van der Waals surface area contributed by atoms with E-state index in [0.717, 1.165) is 12.2 Å². The second kappa shape index (κ2) is 14.7. The number of fused-ring (bicyclic) bond motifs is 2. The molecule has 2 amide bonds. The fourth-order valence-electron chi connectivity index (χ4n) is 5.95. The molecule has 2 aliphatic rings. The summed E-state index contributed by atoms with van der Waals surface area (Å²) in [7, 11) is 0. The number of carbonyl (C=O) groups is 4. The lowest BCUT2D eigenvalue weighted by atomic mass is 9.70. The Bertz CT molecular complexity index is 1370. The van der Waals surface area contributed by atoms with Crippen molar-refractivity contribution < 1.29 is 47.6 Å². The molecule has 1 aliphatic carbocycles. The van der Waals surface area contributed by atoms with Gasteiger partial charge in [-0.3, -0.25) is 0 Å². The predicted molar refractivity (Wildman–Crippen MR) is 161 cm³/mol. The molecule has 2 bridgehead atoms. The molecule has 45 heavy (non-hydrogen) atoms. The van der Waals surface area contributed by atoms with Crippen molar-refractivity contribution >= 4 is 24.1 Å². The van der Waals surface area contributed by atoms with Gasteiger partial charge >= 0.3 is 24.1 Å². The first-order valence-electron chi connectivity index (χ1n) is 14.5. The summed E-state index contributed by atoms with van der Waals surface area (Å²) in [5.41, 5.74) is -1.04.